The molecule has 0 saturated heterocycles. The zero-order valence-electron chi connectivity index (χ0n) is 20.0. The van der Waals surface area contributed by atoms with E-state index >= 15 is 0 Å². The minimum Gasteiger partial charge on any atom is -0.396 e. The average molecular weight is 439 g/mol. The molecule has 0 fully saturated rings. The first-order valence-electron chi connectivity index (χ1n) is 12.0. The van der Waals surface area contributed by atoms with Crippen molar-refractivity contribution in [1.82, 2.24) is 0 Å². The van der Waals surface area contributed by atoms with Crippen molar-refractivity contribution in [3.63, 3.8) is 0 Å². The Hall–Kier alpha value is -1.94. The Morgan fingerprint density at radius 3 is 1.81 bits per heavy atom. The lowest BCUT2D eigenvalue weighted by molar-refractivity contribution is 0.141. The lowest BCUT2D eigenvalue weighted by Crippen LogP contribution is -2.27. The minimum atomic E-state index is -0.324. The molecule has 3 heteroatoms. The molecule has 0 amide bonds. The highest BCUT2D eigenvalue weighted by atomic mass is 16.3. The van der Waals surface area contributed by atoms with Crippen LogP contribution >= 0.6 is 0 Å². The summed E-state index contributed by atoms with van der Waals surface area (Å²) in [4.78, 5) is 0. The molecule has 0 aromatic heterocycles. The maximum Gasteiger partial charge on any atom is 0.0647 e. The van der Waals surface area contributed by atoms with E-state index in [1.54, 1.807) is 0 Å². The first-order valence-corrected chi connectivity index (χ1v) is 12.0. The number of rotatable bonds is 15. The molecule has 0 spiro atoms. The van der Waals surface area contributed by atoms with Crippen molar-refractivity contribution >= 4 is 0 Å². The maximum absolute atomic E-state index is 10.6. The highest BCUT2D eigenvalue weighted by Crippen LogP contribution is 2.37. The molecular formula is C29H42O3. The summed E-state index contributed by atoms with van der Waals surface area (Å²) in [6.45, 7) is 8.72. The third-order valence-electron chi connectivity index (χ3n) is 7.22. The smallest absolute Gasteiger partial charge is 0.0647 e. The summed E-state index contributed by atoms with van der Waals surface area (Å²) in [5, 5.41) is 29.7. The van der Waals surface area contributed by atoms with Gasteiger partial charge in [-0.2, -0.15) is 0 Å². The summed E-state index contributed by atoms with van der Waals surface area (Å²) in [6.07, 6.45) is 6.63. The van der Waals surface area contributed by atoms with Gasteiger partial charge in [0.2, 0.25) is 0 Å². The molecule has 3 unspecified atom stereocenters. The first-order chi connectivity index (χ1) is 15.4. The van der Waals surface area contributed by atoms with Gasteiger partial charge in [0.1, 0.15) is 0 Å². The average Bonchev–Trinajstić information content (AvgIpc) is 2.83. The topological polar surface area (TPSA) is 60.7 Å². The molecule has 176 valence electrons. The molecule has 0 aliphatic rings. The van der Waals surface area contributed by atoms with Crippen LogP contribution in [-0.2, 0) is 10.8 Å². The lowest BCUT2D eigenvalue weighted by atomic mass is 9.72. The SMILES string of the molecule is C=C(CO)C(C)(CCCC(O)CCCC(C)(CCCO)c1ccccc1)c1ccccc1. The van der Waals surface area contributed by atoms with Crippen LogP contribution in [0.2, 0.25) is 0 Å². The quantitative estimate of drug-likeness (QED) is 0.302. The van der Waals surface area contributed by atoms with Crippen molar-refractivity contribution in [1.29, 1.82) is 0 Å². The van der Waals surface area contributed by atoms with E-state index in [4.69, 9.17) is 0 Å². The number of aliphatic hydroxyl groups excluding tert-OH is 3. The Bertz CT molecular complexity index is 789. The normalized spacial score (nSPS) is 16.2. The summed E-state index contributed by atoms with van der Waals surface area (Å²) < 4.78 is 0. The molecule has 0 saturated carbocycles. The Labute approximate surface area is 194 Å². The van der Waals surface area contributed by atoms with E-state index in [1.165, 1.54) is 5.56 Å². The molecule has 0 radical (unpaired) electrons. The van der Waals surface area contributed by atoms with Crippen LogP contribution in [0.1, 0.15) is 76.3 Å². The van der Waals surface area contributed by atoms with Gasteiger partial charge < -0.3 is 15.3 Å². The third kappa shape index (κ3) is 7.30. The molecule has 3 nitrogen and oxygen atoms in total. The van der Waals surface area contributed by atoms with Gasteiger partial charge in [-0.25, -0.2) is 0 Å². The fourth-order valence-corrected chi connectivity index (χ4v) is 4.79. The van der Waals surface area contributed by atoms with Crippen molar-refractivity contribution in [2.45, 2.75) is 82.1 Å². The van der Waals surface area contributed by atoms with E-state index < -0.39 is 0 Å². The second-order valence-corrected chi connectivity index (χ2v) is 9.65. The van der Waals surface area contributed by atoms with Crippen molar-refractivity contribution in [2.24, 2.45) is 0 Å². The predicted octanol–water partition coefficient (Wildman–Crippen LogP) is 5.92. The Balaban J connectivity index is 1.87. The van der Waals surface area contributed by atoms with Crippen LogP contribution in [0.15, 0.2) is 72.8 Å². The minimum absolute atomic E-state index is 0.0223. The van der Waals surface area contributed by atoms with Gasteiger partial charge in [-0.15, -0.1) is 0 Å². The monoisotopic (exact) mass is 438 g/mol. The predicted molar refractivity (Wildman–Crippen MR) is 134 cm³/mol. The van der Waals surface area contributed by atoms with Crippen molar-refractivity contribution < 1.29 is 15.3 Å². The Kier molecular flexibility index (Phi) is 10.6. The second kappa shape index (κ2) is 12.9. The van der Waals surface area contributed by atoms with Crippen molar-refractivity contribution in [2.75, 3.05) is 13.2 Å². The van der Waals surface area contributed by atoms with E-state index in [1.807, 2.05) is 24.3 Å². The number of hydrogen-bond acceptors (Lipinski definition) is 3. The number of hydrogen-bond donors (Lipinski definition) is 3. The third-order valence-corrected chi connectivity index (χ3v) is 7.22. The molecule has 0 aliphatic carbocycles. The first kappa shape index (κ1) is 26.3. The van der Waals surface area contributed by atoms with E-state index in [0.717, 1.165) is 62.5 Å². The molecule has 2 aromatic rings. The van der Waals surface area contributed by atoms with E-state index in [2.05, 4.69) is 56.8 Å². The van der Waals surface area contributed by atoms with E-state index in [-0.39, 0.29) is 30.1 Å². The van der Waals surface area contributed by atoms with Crippen LogP contribution in [0.25, 0.3) is 0 Å². The molecule has 32 heavy (non-hydrogen) atoms. The fraction of sp³-hybridized carbons (Fsp3) is 0.517. The maximum atomic E-state index is 10.6. The molecule has 0 aliphatic heterocycles. The Morgan fingerprint density at radius 1 is 0.781 bits per heavy atom. The van der Waals surface area contributed by atoms with Gasteiger partial charge in [0.25, 0.3) is 0 Å². The molecule has 2 rings (SSSR count). The lowest BCUT2D eigenvalue weighted by Gasteiger charge is -2.32. The van der Waals surface area contributed by atoms with Crippen molar-refractivity contribution in [3.8, 4) is 0 Å². The van der Waals surface area contributed by atoms with Crippen LogP contribution in [0.5, 0.6) is 0 Å². The van der Waals surface area contributed by atoms with Gasteiger partial charge in [0.05, 0.1) is 12.7 Å². The van der Waals surface area contributed by atoms with Gasteiger partial charge in [-0.3, -0.25) is 0 Å². The van der Waals surface area contributed by atoms with Crippen molar-refractivity contribution in [3.05, 3.63) is 83.9 Å². The summed E-state index contributed by atoms with van der Waals surface area (Å²) in [6, 6.07) is 20.8. The van der Waals surface area contributed by atoms with Crippen LogP contribution in [-0.4, -0.2) is 34.6 Å². The summed E-state index contributed by atoms with van der Waals surface area (Å²) in [5.41, 5.74) is 3.03. The molecule has 3 atom stereocenters. The molecule has 2 aromatic carbocycles. The molecule has 0 heterocycles. The van der Waals surface area contributed by atoms with Gasteiger partial charge in [0, 0.05) is 12.0 Å². The van der Waals surface area contributed by atoms with Gasteiger partial charge in [0.15, 0.2) is 0 Å². The second-order valence-electron chi connectivity index (χ2n) is 9.65. The highest BCUT2D eigenvalue weighted by Gasteiger charge is 2.29. The standard InChI is InChI=1S/C29H42O3/c1-24(23-31)29(3,26-15-8-5-9-16-26)21-11-18-27(32)17-10-19-28(2,20-12-22-30)25-13-6-4-7-14-25/h4-9,13-16,27,30-32H,1,10-12,17-23H2,2-3H3. The van der Waals surface area contributed by atoms with E-state index in [9.17, 15) is 15.3 Å². The number of aliphatic hydroxyl groups is 3. The van der Waals surface area contributed by atoms with Gasteiger partial charge >= 0.3 is 0 Å². The van der Waals surface area contributed by atoms with Gasteiger partial charge in [-0.1, -0.05) is 87.5 Å². The van der Waals surface area contributed by atoms with Crippen LogP contribution < -0.4 is 0 Å². The summed E-state index contributed by atoms with van der Waals surface area (Å²) >= 11 is 0. The summed E-state index contributed by atoms with van der Waals surface area (Å²) in [7, 11) is 0. The Morgan fingerprint density at radius 2 is 1.28 bits per heavy atom. The molecule has 0 bridgehead atoms. The van der Waals surface area contributed by atoms with Crippen LogP contribution in [0.4, 0.5) is 0 Å². The zero-order valence-corrected chi connectivity index (χ0v) is 20.0. The molecule has 3 N–H and O–H groups in total. The largest absolute Gasteiger partial charge is 0.396 e. The van der Waals surface area contributed by atoms with E-state index in [0.29, 0.717) is 0 Å². The molecular weight excluding hydrogens is 396 g/mol. The summed E-state index contributed by atoms with van der Waals surface area (Å²) in [5.74, 6) is 0. The van der Waals surface area contributed by atoms with Crippen LogP contribution in [0.3, 0.4) is 0 Å². The zero-order chi connectivity index (χ0) is 23.5. The fourth-order valence-electron chi connectivity index (χ4n) is 4.79. The highest BCUT2D eigenvalue weighted by molar-refractivity contribution is 5.34. The van der Waals surface area contributed by atoms with Gasteiger partial charge in [-0.05, 0) is 67.1 Å². The number of benzene rings is 2. The van der Waals surface area contributed by atoms with Crippen LogP contribution in [0, 0.1) is 0 Å².